The van der Waals surface area contributed by atoms with E-state index in [0.29, 0.717) is 0 Å². The zero-order valence-corrected chi connectivity index (χ0v) is 13.3. The first-order valence-electron chi connectivity index (χ1n) is 5.78. The highest BCUT2D eigenvalue weighted by Gasteiger charge is 2.19. The first-order valence-corrected chi connectivity index (χ1v) is 6.57. The van der Waals surface area contributed by atoms with E-state index in [-0.39, 0.29) is 24.2 Å². The average Bonchev–Trinajstić information content (AvgIpc) is 2.30. The van der Waals surface area contributed by atoms with Crippen molar-refractivity contribution in [2.45, 2.75) is 33.2 Å². The van der Waals surface area contributed by atoms with Gasteiger partial charge in [-0.05, 0) is 36.6 Å². The summed E-state index contributed by atoms with van der Waals surface area (Å²) in [4.78, 5) is 11.9. The topological polar surface area (TPSA) is 55.1 Å². The molecule has 18 heavy (non-hydrogen) atoms. The first-order chi connectivity index (χ1) is 7.95. The van der Waals surface area contributed by atoms with Crippen molar-refractivity contribution in [1.82, 2.24) is 0 Å². The lowest BCUT2D eigenvalue weighted by Crippen LogP contribution is -2.40. The third-order valence-corrected chi connectivity index (χ3v) is 3.50. The summed E-state index contributed by atoms with van der Waals surface area (Å²) in [5.74, 6) is 0.0653. The minimum Gasteiger partial charge on any atom is -0.324 e. The number of hydrogen-bond acceptors (Lipinski definition) is 2. The number of benzene rings is 1. The van der Waals surface area contributed by atoms with Crippen molar-refractivity contribution in [3.8, 4) is 0 Å². The second-order valence-electron chi connectivity index (χ2n) is 4.36. The molecule has 0 saturated carbocycles. The van der Waals surface area contributed by atoms with Crippen LogP contribution in [0.3, 0.4) is 0 Å². The molecule has 1 amide bonds. The Kier molecular flexibility index (Phi) is 7.52. The van der Waals surface area contributed by atoms with Crippen LogP contribution in [0.5, 0.6) is 0 Å². The SMILES string of the molecule is CCC(C)C(N)C(=O)Nc1ccc(Br)cc1C.Cl. The van der Waals surface area contributed by atoms with Crippen LogP contribution in [0.15, 0.2) is 22.7 Å². The Morgan fingerprint density at radius 2 is 2.11 bits per heavy atom. The van der Waals surface area contributed by atoms with Crippen molar-refractivity contribution in [3.63, 3.8) is 0 Å². The van der Waals surface area contributed by atoms with Gasteiger partial charge in [0, 0.05) is 10.2 Å². The molecule has 0 aromatic heterocycles. The van der Waals surface area contributed by atoms with Gasteiger partial charge in [-0.25, -0.2) is 0 Å². The highest BCUT2D eigenvalue weighted by Crippen LogP contribution is 2.20. The number of carbonyl (C=O) groups excluding carboxylic acids is 1. The van der Waals surface area contributed by atoms with Gasteiger partial charge < -0.3 is 11.1 Å². The molecule has 0 spiro atoms. The molecule has 3 nitrogen and oxygen atoms in total. The molecule has 0 aliphatic carbocycles. The van der Waals surface area contributed by atoms with Crippen LogP contribution in [0, 0.1) is 12.8 Å². The molecule has 1 rings (SSSR count). The number of rotatable bonds is 4. The summed E-state index contributed by atoms with van der Waals surface area (Å²) >= 11 is 3.39. The quantitative estimate of drug-likeness (QED) is 0.885. The number of amides is 1. The van der Waals surface area contributed by atoms with Crippen LogP contribution >= 0.6 is 28.3 Å². The summed E-state index contributed by atoms with van der Waals surface area (Å²) in [7, 11) is 0. The molecule has 3 N–H and O–H groups in total. The standard InChI is InChI=1S/C13H19BrN2O.ClH/c1-4-8(2)12(15)13(17)16-11-6-5-10(14)7-9(11)3;/h5-8,12H,4,15H2,1-3H3,(H,16,17);1H. The summed E-state index contributed by atoms with van der Waals surface area (Å²) in [5, 5.41) is 2.87. The zero-order valence-electron chi connectivity index (χ0n) is 10.9. The first kappa shape index (κ1) is 17.4. The Balaban J connectivity index is 0.00000289. The predicted molar refractivity (Wildman–Crippen MR) is 82.2 cm³/mol. The largest absolute Gasteiger partial charge is 0.324 e. The lowest BCUT2D eigenvalue weighted by atomic mass is 9.99. The molecule has 0 aliphatic rings. The van der Waals surface area contributed by atoms with Crippen molar-refractivity contribution in [2.24, 2.45) is 11.7 Å². The van der Waals surface area contributed by atoms with Crippen molar-refractivity contribution in [3.05, 3.63) is 28.2 Å². The summed E-state index contributed by atoms with van der Waals surface area (Å²) in [6.07, 6.45) is 0.897. The van der Waals surface area contributed by atoms with E-state index in [2.05, 4.69) is 21.2 Å². The van der Waals surface area contributed by atoms with Gasteiger partial charge in [-0.3, -0.25) is 4.79 Å². The Morgan fingerprint density at radius 3 is 2.61 bits per heavy atom. The number of nitrogens with two attached hydrogens (primary N) is 1. The van der Waals surface area contributed by atoms with Gasteiger partial charge in [0.1, 0.15) is 0 Å². The van der Waals surface area contributed by atoms with Crippen LogP contribution in [-0.2, 0) is 4.79 Å². The van der Waals surface area contributed by atoms with Gasteiger partial charge in [-0.1, -0.05) is 36.2 Å². The Bertz CT molecular complexity index is 412. The molecule has 2 unspecified atom stereocenters. The monoisotopic (exact) mass is 334 g/mol. The number of nitrogens with one attached hydrogen (secondary N) is 1. The van der Waals surface area contributed by atoms with E-state index >= 15 is 0 Å². The molecule has 2 atom stereocenters. The van der Waals surface area contributed by atoms with Gasteiger partial charge >= 0.3 is 0 Å². The maximum Gasteiger partial charge on any atom is 0.241 e. The van der Waals surface area contributed by atoms with Crippen molar-refractivity contribution >= 4 is 39.9 Å². The van der Waals surface area contributed by atoms with E-state index in [4.69, 9.17) is 5.73 Å². The maximum atomic E-state index is 11.9. The van der Waals surface area contributed by atoms with Crippen LogP contribution in [0.4, 0.5) is 5.69 Å². The Labute approximate surface area is 123 Å². The summed E-state index contributed by atoms with van der Waals surface area (Å²) in [5.41, 5.74) is 7.71. The minimum absolute atomic E-state index is 0. The molecule has 0 saturated heterocycles. The number of hydrogen-bond donors (Lipinski definition) is 2. The van der Waals surface area contributed by atoms with Gasteiger partial charge in [-0.2, -0.15) is 0 Å². The Hall–Kier alpha value is -0.580. The number of aryl methyl sites for hydroxylation is 1. The smallest absolute Gasteiger partial charge is 0.241 e. The fraction of sp³-hybridized carbons (Fsp3) is 0.462. The molecule has 0 bridgehead atoms. The number of anilines is 1. The maximum absolute atomic E-state index is 11.9. The summed E-state index contributed by atoms with van der Waals surface area (Å²) in [6, 6.07) is 5.28. The second kappa shape index (κ2) is 7.77. The molecule has 1 aromatic rings. The third kappa shape index (κ3) is 4.59. The lowest BCUT2D eigenvalue weighted by molar-refractivity contribution is -0.118. The van der Waals surface area contributed by atoms with E-state index in [0.717, 1.165) is 22.1 Å². The van der Waals surface area contributed by atoms with E-state index in [1.807, 2.05) is 39.0 Å². The Morgan fingerprint density at radius 1 is 1.50 bits per heavy atom. The molecule has 0 fully saturated rings. The van der Waals surface area contributed by atoms with Crippen LogP contribution in [-0.4, -0.2) is 11.9 Å². The third-order valence-electron chi connectivity index (χ3n) is 3.01. The van der Waals surface area contributed by atoms with E-state index < -0.39 is 6.04 Å². The highest BCUT2D eigenvalue weighted by atomic mass is 79.9. The zero-order chi connectivity index (χ0) is 13.0. The fourth-order valence-corrected chi connectivity index (χ4v) is 1.97. The molecular weight excluding hydrogens is 316 g/mol. The van der Waals surface area contributed by atoms with E-state index in [1.165, 1.54) is 0 Å². The van der Waals surface area contributed by atoms with Crippen LogP contribution in [0.25, 0.3) is 0 Å². The predicted octanol–water partition coefficient (Wildman–Crippen LogP) is 3.49. The van der Waals surface area contributed by atoms with Gasteiger partial charge in [0.2, 0.25) is 5.91 Å². The lowest BCUT2D eigenvalue weighted by Gasteiger charge is -2.18. The van der Waals surface area contributed by atoms with Crippen molar-refractivity contribution in [1.29, 1.82) is 0 Å². The van der Waals surface area contributed by atoms with Gasteiger partial charge in [-0.15, -0.1) is 12.4 Å². The van der Waals surface area contributed by atoms with E-state index in [1.54, 1.807) is 0 Å². The number of halogens is 2. The fourth-order valence-electron chi connectivity index (χ4n) is 1.50. The van der Waals surface area contributed by atoms with Crippen molar-refractivity contribution < 1.29 is 4.79 Å². The second-order valence-corrected chi connectivity index (χ2v) is 5.28. The highest BCUT2D eigenvalue weighted by molar-refractivity contribution is 9.10. The van der Waals surface area contributed by atoms with Gasteiger partial charge in [0.15, 0.2) is 0 Å². The van der Waals surface area contributed by atoms with Gasteiger partial charge in [0.05, 0.1) is 6.04 Å². The van der Waals surface area contributed by atoms with Crippen LogP contribution in [0.1, 0.15) is 25.8 Å². The molecule has 1 aromatic carbocycles. The molecule has 0 radical (unpaired) electrons. The van der Waals surface area contributed by atoms with Crippen molar-refractivity contribution in [2.75, 3.05) is 5.32 Å². The summed E-state index contributed by atoms with van der Waals surface area (Å²) in [6.45, 7) is 5.97. The number of carbonyl (C=O) groups is 1. The molecule has 0 heterocycles. The molecule has 5 heteroatoms. The molecule has 102 valence electrons. The minimum atomic E-state index is -0.456. The van der Waals surface area contributed by atoms with E-state index in [9.17, 15) is 4.79 Å². The van der Waals surface area contributed by atoms with Crippen LogP contribution < -0.4 is 11.1 Å². The normalized spacial score (nSPS) is 13.4. The van der Waals surface area contributed by atoms with Crippen LogP contribution in [0.2, 0.25) is 0 Å². The van der Waals surface area contributed by atoms with Gasteiger partial charge in [0.25, 0.3) is 0 Å². The average molecular weight is 336 g/mol. The summed E-state index contributed by atoms with van der Waals surface area (Å²) < 4.78 is 0.999. The molecular formula is C13H20BrClN2O. The molecule has 0 aliphatic heterocycles.